The zero-order valence-electron chi connectivity index (χ0n) is 16.8. The fourth-order valence-electron chi connectivity index (χ4n) is 3.32. The average Bonchev–Trinajstić information content (AvgIpc) is 2.75. The van der Waals surface area contributed by atoms with Gasteiger partial charge in [0.25, 0.3) is 0 Å². The van der Waals surface area contributed by atoms with Gasteiger partial charge in [-0.1, -0.05) is 0 Å². The zero-order valence-corrected chi connectivity index (χ0v) is 17.6. The number of phenols is 1. The number of hydrogen-bond donors (Lipinski definition) is 1. The molecular formula is C20H26N2O6S. The minimum absolute atomic E-state index is 0.0332. The molecule has 29 heavy (non-hydrogen) atoms. The molecule has 0 amide bonds. The third-order valence-corrected chi connectivity index (χ3v) is 6.89. The molecule has 1 saturated heterocycles. The van der Waals surface area contributed by atoms with Crippen LogP contribution in [0.4, 0.5) is 0 Å². The lowest BCUT2D eigenvalue weighted by Gasteiger charge is -2.34. The van der Waals surface area contributed by atoms with Crippen LogP contribution in [0.5, 0.6) is 23.0 Å². The second-order valence-electron chi connectivity index (χ2n) is 6.70. The molecule has 0 bridgehead atoms. The highest BCUT2D eigenvalue weighted by Gasteiger charge is 2.28. The van der Waals surface area contributed by atoms with Gasteiger partial charge in [0, 0.05) is 32.7 Å². The molecule has 1 heterocycles. The number of aromatic hydroxyl groups is 1. The van der Waals surface area contributed by atoms with E-state index in [9.17, 15) is 13.5 Å². The second-order valence-corrected chi connectivity index (χ2v) is 8.64. The van der Waals surface area contributed by atoms with Gasteiger partial charge >= 0.3 is 0 Å². The number of phenolic OH excluding ortho intramolecular Hbond substituents is 1. The molecule has 0 aliphatic carbocycles. The van der Waals surface area contributed by atoms with Crippen molar-refractivity contribution in [2.45, 2.75) is 11.4 Å². The number of hydrogen-bond acceptors (Lipinski definition) is 7. The van der Waals surface area contributed by atoms with Gasteiger partial charge in [0.2, 0.25) is 15.8 Å². The summed E-state index contributed by atoms with van der Waals surface area (Å²) in [5.74, 6) is 1.28. The van der Waals surface area contributed by atoms with E-state index >= 15 is 0 Å². The van der Waals surface area contributed by atoms with Crippen LogP contribution in [0.1, 0.15) is 5.56 Å². The van der Waals surface area contributed by atoms with Gasteiger partial charge in [-0.3, -0.25) is 4.90 Å². The molecule has 2 aromatic rings. The fraction of sp³-hybridized carbons (Fsp3) is 0.400. The Hall–Kier alpha value is -2.49. The number of nitrogens with zero attached hydrogens (tertiary/aromatic N) is 2. The monoisotopic (exact) mass is 422 g/mol. The first-order valence-corrected chi connectivity index (χ1v) is 10.6. The number of rotatable bonds is 7. The van der Waals surface area contributed by atoms with Gasteiger partial charge in [-0.25, -0.2) is 8.42 Å². The van der Waals surface area contributed by atoms with Gasteiger partial charge in [0.05, 0.1) is 26.2 Å². The van der Waals surface area contributed by atoms with Crippen LogP contribution in [-0.2, 0) is 16.6 Å². The molecule has 0 spiro atoms. The number of benzene rings is 2. The van der Waals surface area contributed by atoms with Crippen molar-refractivity contribution < 1.29 is 27.7 Å². The van der Waals surface area contributed by atoms with Crippen molar-refractivity contribution in [3.8, 4) is 23.0 Å². The van der Waals surface area contributed by atoms with Gasteiger partial charge in [0.15, 0.2) is 11.5 Å². The van der Waals surface area contributed by atoms with Crippen molar-refractivity contribution in [2.24, 2.45) is 0 Å². The molecule has 2 aromatic carbocycles. The molecule has 1 aliphatic heterocycles. The topological polar surface area (TPSA) is 88.5 Å². The van der Waals surface area contributed by atoms with Crippen molar-refractivity contribution in [2.75, 3.05) is 47.5 Å². The molecular weight excluding hydrogens is 396 g/mol. The molecule has 8 nitrogen and oxygen atoms in total. The van der Waals surface area contributed by atoms with E-state index in [1.807, 2.05) is 0 Å². The quantitative estimate of drug-likeness (QED) is 0.729. The third-order valence-electron chi connectivity index (χ3n) is 4.97. The smallest absolute Gasteiger partial charge is 0.243 e. The van der Waals surface area contributed by atoms with Crippen molar-refractivity contribution >= 4 is 10.0 Å². The SMILES string of the molecule is COc1ccc(S(=O)(=O)N2CCN(Cc3cc(OC)c(O)c(OC)c3)CC2)cc1. The van der Waals surface area contributed by atoms with Crippen molar-refractivity contribution in [3.63, 3.8) is 0 Å². The largest absolute Gasteiger partial charge is 0.502 e. The number of piperazine rings is 1. The lowest BCUT2D eigenvalue weighted by Crippen LogP contribution is -2.48. The van der Waals surface area contributed by atoms with Gasteiger partial charge in [-0.15, -0.1) is 0 Å². The summed E-state index contributed by atoms with van der Waals surface area (Å²) in [7, 11) is 0.986. The molecule has 158 valence electrons. The Labute approximate surface area is 171 Å². The van der Waals surface area contributed by atoms with Crippen LogP contribution in [-0.4, -0.2) is 70.2 Å². The summed E-state index contributed by atoms with van der Waals surface area (Å²) < 4.78 is 42.7. The molecule has 0 aromatic heterocycles. The molecule has 0 saturated carbocycles. The van der Waals surface area contributed by atoms with E-state index in [2.05, 4.69) is 4.90 Å². The Bertz CT molecular complexity index is 913. The molecule has 9 heteroatoms. The highest BCUT2D eigenvalue weighted by Crippen LogP contribution is 2.37. The molecule has 0 radical (unpaired) electrons. The first-order chi connectivity index (χ1) is 13.9. The van der Waals surface area contributed by atoms with Gasteiger partial charge in [-0.05, 0) is 42.0 Å². The van der Waals surface area contributed by atoms with Crippen molar-refractivity contribution in [1.82, 2.24) is 9.21 Å². The Morgan fingerprint density at radius 2 is 1.45 bits per heavy atom. The van der Waals surface area contributed by atoms with E-state index in [4.69, 9.17) is 14.2 Å². The Morgan fingerprint density at radius 3 is 1.93 bits per heavy atom. The maximum absolute atomic E-state index is 12.9. The van der Waals surface area contributed by atoms with Crippen LogP contribution < -0.4 is 14.2 Å². The van der Waals surface area contributed by atoms with Crippen LogP contribution in [0, 0.1) is 0 Å². The summed E-state index contributed by atoms with van der Waals surface area (Å²) >= 11 is 0. The van der Waals surface area contributed by atoms with E-state index in [0.29, 0.717) is 50.0 Å². The Morgan fingerprint density at radius 1 is 0.897 bits per heavy atom. The highest BCUT2D eigenvalue weighted by atomic mass is 32.2. The second kappa shape index (κ2) is 8.89. The molecule has 1 fully saturated rings. The lowest BCUT2D eigenvalue weighted by atomic mass is 10.1. The van der Waals surface area contributed by atoms with Crippen LogP contribution >= 0.6 is 0 Å². The predicted octanol–water partition coefficient (Wildman–Crippen LogP) is 1.92. The van der Waals surface area contributed by atoms with Gasteiger partial charge in [0.1, 0.15) is 5.75 Å². The van der Waals surface area contributed by atoms with E-state index in [1.165, 1.54) is 18.5 Å². The van der Waals surface area contributed by atoms with Crippen molar-refractivity contribution in [1.29, 1.82) is 0 Å². The fourth-order valence-corrected chi connectivity index (χ4v) is 4.74. The highest BCUT2D eigenvalue weighted by molar-refractivity contribution is 7.89. The minimum Gasteiger partial charge on any atom is -0.502 e. The summed E-state index contributed by atoms with van der Waals surface area (Å²) in [5, 5.41) is 10.0. The number of ether oxygens (including phenoxy) is 3. The summed E-state index contributed by atoms with van der Waals surface area (Å²) in [6.07, 6.45) is 0. The minimum atomic E-state index is -3.53. The molecule has 0 unspecified atom stereocenters. The van der Waals surface area contributed by atoms with Gasteiger partial charge in [-0.2, -0.15) is 4.31 Å². The van der Waals surface area contributed by atoms with E-state index < -0.39 is 10.0 Å². The molecule has 1 aliphatic rings. The lowest BCUT2D eigenvalue weighted by molar-refractivity contribution is 0.181. The van der Waals surface area contributed by atoms with E-state index in [0.717, 1.165) is 5.56 Å². The van der Waals surface area contributed by atoms with Crippen molar-refractivity contribution in [3.05, 3.63) is 42.0 Å². The van der Waals surface area contributed by atoms with Crippen LogP contribution in [0.3, 0.4) is 0 Å². The summed E-state index contributed by atoms with van der Waals surface area (Å²) in [4.78, 5) is 2.42. The summed E-state index contributed by atoms with van der Waals surface area (Å²) in [6.45, 7) is 2.60. The van der Waals surface area contributed by atoms with E-state index in [-0.39, 0.29) is 10.6 Å². The first kappa shape index (κ1) is 21.2. The normalized spacial score (nSPS) is 15.8. The average molecular weight is 423 g/mol. The van der Waals surface area contributed by atoms with Gasteiger partial charge < -0.3 is 19.3 Å². The number of methoxy groups -OCH3 is 3. The first-order valence-electron chi connectivity index (χ1n) is 9.19. The molecule has 1 N–H and O–H groups in total. The standard InChI is InChI=1S/C20H26N2O6S/c1-26-16-4-6-17(7-5-16)29(24,25)22-10-8-21(9-11-22)14-15-12-18(27-2)20(23)19(13-15)28-3/h4-7,12-13,23H,8-11,14H2,1-3H3. The maximum atomic E-state index is 12.9. The third kappa shape index (κ3) is 4.58. The predicted molar refractivity (Wildman–Crippen MR) is 108 cm³/mol. The summed E-state index contributed by atoms with van der Waals surface area (Å²) in [6, 6.07) is 9.95. The molecule has 0 atom stereocenters. The van der Waals surface area contributed by atoms with Crippen LogP contribution in [0.15, 0.2) is 41.3 Å². The van der Waals surface area contributed by atoms with Crippen LogP contribution in [0.25, 0.3) is 0 Å². The van der Waals surface area contributed by atoms with Crippen LogP contribution in [0.2, 0.25) is 0 Å². The van der Waals surface area contributed by atoms with E-state index in [1.54, 1.807) is 43.5 Å². The summed E-state index contributed by atoms with van der Waals surface area (Å²) in [5.41, 5.74) is 0.919. The zero-order chi connectivity index (χ0) is 21.0. The molecule has 3 rings (SSSR count). The Kier molecular flexibility index (Phi) is 6.51. The maximum Gasteiger partial charge on any atom is 0.243 e. The number of sulfonamides is 1. The Balaban J connectivity index is 1.66.